The Morgan fingerprint density at radius 3 is 2.38 bits per heavy atom. The fourth-order valence-corrected chi connectivity index (χ4v) is 10.8. The third-order valence-electron chi connectivity index (χ3n) is 9.70. The van der Waals surface area contributed by atoms with E-state index in [0.717, 1.165) is 33.2 Å². The molecule has 2 saturated carbocycles. The number of anilines is 1. The quantitative estimate of drug-likeness (QED) is 0.279. The lowest BCUT2D eigenvalue weighted by Gasteiger charge is -2.43. The Morgan fingerprint density at radius 1 is 0.929 bits per heavy atom. The Kier molecular flexibility index (Phi) is 5.98. The largest absolute Gasteiger partial charge is 0.489 e. The molecule has 2 bridgehead atoms. The van der Waals surface area contributed by atoms with Crippen LogP contribution in [0.1, 0.15) is 33.9 Å². The molecule has 2 aliphatic heterocycles. The van der Waals surface area contributed by atoms with E-state index < -0.39 is 11.7 Å². The summed E-state index contributed by atoms with van der Waals surface area (Å²) in [5.74, 6) is -0.667. The highest BCUT2D eigenvalue weighted by Gasteiger charge is 2.69. The number of benzene rings is 3. The van der Waals surface area contributed by atoms with E-state index in [0.29, 0.717) is 12.3 Å². The molecule has 8 rings (SSSR count). The summed E-state index contributed by atoms with van der Waals surface area (Å²) in [5, 5.41) is 0.994. The lowest BCUT2D eigenvalue weighted by atomic mass is 9.68. The van der Waals surface area contributed by atoms with Crippen molar-refractivity contribution >= 4 is 40.6 Å². The molecule has 2 amide bonds. The van der Waals surface area contributed by atoms with Crippen LogP contribution in [0.4, 0.5) is 10.1 Å². The smallest absolute Gasteiger partial charge is 0.305 e. The van der Waals surface area contributed by atoms with Gasteiger partial charge in [-0.05, 0) is 84.2 Å². The minimum Gasteiger partial charge on any atom is -0.489 e. The summed E-state index contributed by atoms with van der Waals surface area (Å²) in [4.78, 5) is 45.3. The minimum absolute atomic E-state index is 0.0201. The molecular weight excluding hydrogens is 572 g/mol. The van der Waals surface area contributed by atoms with Crippen molar-refractivity contribution in [2.75, 3.05) is 4.90 Å². The molecule has 9 heteroatoms. The molecule has 3 aromatic carbocycles. The first-order valence-electron chi connectivity index (χ1n) is 14.2. The Bertz CT molecular complexity index is 1780. The van der Waals surface area contributed by atoms with Crippen molar-refractivity contribution in [1.82, 2.24) is 4.98 Å². The maximum atomic E-state index is 13.8. The molecule has 3 heterocycles. The third kappa shape index (κ3) is 3.86. The summed E-state index contributed by atoms with van der Waals surface area (Å²) < 4.78 is 19.7. The van der Waals surface area contributed by atoms with E-state index in [4.69, 9.17) is 4.74 Å². The fourth-order valence-electron chi connectivity index (χ4n) is 7.94. The fraction of sp³-hybridized carbons (Fsp3) is 0.303. The number of hydrogen-bond donors (Lipinski definition) is 1. The van der Waals surface area contributed by atoms with E-state index in [2.05, 4.69) is 36.2 Å². The molecule has 4 aromatic rings. The normalized spacial score (nSPS) is 29.0. The number of thiazole rings is 1. The Hall–Kier alpha value is -3.69. The van der Waals surface area contributed by atoms with Gasteiger partial charge in [0.25, 0.3) is 0 Å². The second-order valence-corrected chi connectivity index (χ2v) is 13.9. The van der Waals surface area contributed by atoms with E-state index in [1.807, 2.05) is 24.3 Å². The summed E-state index contributed by atoms with van der Waals surface area (Å²) in [5.41, 5.74) is 3.83. The Morgan fingerprint density at radius 2 is 1.64 bits per heavy atom. The topological polar surface area (TPSA) is 79.5 Å². The molecule has 6 nitrogen and oxygen atoms in total. The van der Waals surface area contributed by atoms with Gasteiger partial charge >= 0.3 is 4.87 Å². The number of halogens is 1. The maximum absolute atomic E-state index is 13.8. The van der Waals surface area contributed by atoms with Crippen LogP contribution in [0.2, 0.25) is 0 Å². The zero-order chi connectivity index (χ0) is 28.7. The van der Waals surface area contributed by atoms with Gasteiger partial charge in [0, 0.05) is 16.0 Å². The molecule has 7 atom stereocenters. The van der Waals surface area contributed by atoms with Crippen molar-refractivity contribution in [2.24, 2.45) is 29.6 Å². The van der Waals surface area contributed by atoms with E-state index in [1.165, 1.54) is 46.1 Å². The highest BCUT2D eigenvalue weighted by molar-refractivity contribution is 8.00. The highest BCUT2D eigenvalue weighted by atomic mass is 32.2. The second kappa shape index (κ2) is 9.67. The second-order valence-electron chi connectivity index (χ2n) is 11.7. The van der Waals surface area contributed by atoms with Crippen LogP contribution in [0.3, 0.4) is 0 Å². The summed E-state index contributed by atoms with van der Waals surface area (Å²) in [7, 11) is 0. The molecule has 0 radical (unpaired) electrons. The molecule has 1 N–H and O–H groups in total. The van der Waals surface area contributed by atoms with Crippen molar-refractivity contribution in [2.45, 2.75) is 36.1 Å². The lowest BCUT2D eigenvalue weighted by Crippen LogP contribution is -2.42. The van der Waals surface area contributed by atoms with Gasteiger partial charge in [0.15, 0.2) is 0 Å². The van der Waals surface area contributed by atoms with E-state index >= 15 is 0 Å². The van der Waals surface area contributed by atoms with Crippen molar-refractivity contribution < 1.29 is 18.7 Å². The lowest BCUT2D eigenvalue weighted by molar-refractivity contribution is -0.123. The molecule has 4 aliphatic rings. The number of nitrogens with one attached hydrogen (secondary N) is 1. The molecule has 1 saturated heterocycles. The average Bonchev–Trinajstić information content (AvgIpc) is 3.72. The zero-order valence-electron chi connectivity index (χ0n) is 22.7. The molecule has 5 unspecified atom stereocenters. The van der Waals surface area contributed by atoms with Crippen LogP contribution in [0.25, 0.3) is 0 Å². The summed E-state index contributed by atoms with van der Waals surface area (Å²) >= 11 is 2.92. The van der Waals surface area contributed by atoms with Gasteiger partial charge in [-0.25, -0.2) is 4.39 Å². The molecule has 1 aromatic heterocycles. The van der Waals surface area contributed by atoms with Gasteiger partial charge in [-0.3, -0.25) is 19.3 Å². The minimum atomic E-state index is -0.407. The highest BCUT2D eigenvalue weighted by Crippen LogP contribution is 2.68. The molecule has 42 heavy (non-hydrogen) atoms. The zero-order valence-corrected chi connectivity index (χ0v) is 24.3. The summed E-state index contributed by atoms with van der Waals surface area (Å²) in [6.07, 6.45) is 0.819. The predicted molar refractivity (Wildman–Crippen MR) is 159 cm³/mol. The van der Waals surface area contributed by atoms with Crippen LogP contribution in [0.5, 0.6) is 5.75 Å². The summed E-state index contributed by atoms with van der Waals surface area (Å²) in [6.45, 7) is 2.55. The van der Waals surface area contributed by atoms with Gasteiger partial charge in [-0.15, -0.1) is 11.8 Å². The number of imide groups is 1. The number of ether oxygens (including phenoxy) is 1. The number of aryl methyl sites for hydroxylation is 1. The standard InChI is InChI=1S/C33H27FN2O4S2/c1-16-4-2-3-5-18(16)15-40-21-12-6-17(7-13-21)24-25-22-14-23(28(25)41-30-29(24)42-33(39)35-30)27-26(22)31(37)36(32(27)38)20-10-8-19(34)9-11-20/h2-13,22-28H,14-15H2,1H3,(H,35,39)/t22-,23-,24?,25?,26?,27?,28?/m1/s1. The van der Waals surface area contributed by atoms with Gasteiger partial charge in [0.2, 0.25) is 11.8 Å². The summed E-state index contributed by atoms with van der Waals surface area (Å²) in [6, 6.07) is 21.9. The van der Waals surface area contributed by atoms with Crippen LogP contribution in [0, 0.1) is 42.3 Å². The number of H-pyrrole nitrogens is 1. The maximum Gasteiger partial charge on any atom is 0.305 e. The average molecular weight is 599 g/mol. The van der Waals surface area contributed by atoms with Crippen LogP contribution in [-0.4, -0.2) is 22.0 Å². The molecule has 0 spiro atoms. The van der Waals surface area contributed by atoms with Crippen LogP contribution in [-0.2, 0) is 16.2 Å². The van der Waals surface area contributed by atoms with E-state index in [9.17, 15) is 18.8 Å². The Balaban J connectivity index is 1.12. The molecule has 2 aliphatic carbocycles. The number of fused-ring (bicyclic) bond motifs is 9. The van der Waals surface area contributed by atoms with Crippen molar-refractivity contribution in [3.8, 4) is 5.75 Å². The number of rotatable bonds is 5. The third-order valence-corrected chi connectivity index (χ3v) is 12.3. The molecule has 3 fully saturated rings. The van der Waals surface area contributed by atoms with Crippen molar-refractivity contribution in [3.63, 3.8) is 0 Å². The first-order chi connectivity index (χ1) is 20.4. The number of aromatic nitrogens is 1. The number of carbonyl (C=O) groups is 2. The molecular formula is C33H27FN2O4S2. The molecule has 212 valence electrons. The number of hydrogen-bond acceptors (Lipinski definition) is 6. The van der Waals surface area contributed by atoms with E-state index in [1.54, 1.807) is 11.8 Å². The first-order valence-corrected chi connectivity index (χ1v) is 15.9. The predicted octanol–water partition coefficient (Wildman–Crippen LogP) is 6.14. The van der Waals surface area contributed by atoms with Gasteiger partial charge in [-0.1, -0.05) is 47.7 Å². The van der Waals surface area contributed by atoms with Crippen molar-refractivity contribution in [1.29, 1.82) is 0 Å². The van der Waals surface area contributed by atoms with E-state index in [-0.39, 0.29) is 51.5 Å². The number of nitrogens with zero attached hydrogens (tertiary/aromatic N) is 1. The van der Waals surface area contributed by atoms with Crippen LogP contribution >= 0.6 is 23.1 Å². The van der Waals surface area contributed by atoms with Crippen molar-refractivity contribution in [3.05, 3.63) is 110 Å². The van der Waals surface area contributed by atoms with Gasteiger partial charge in [0.1, 0.15) is 18.2 Å². The van der Waals surface area contributed by atoms with Gasteiger partial charge < -0.3 is 9.72 Å². The SMILES string of the molecule is Cc1ccccc1COc1ccc(C2c3sc(=O)[nH]c3SC3C2[C@H]2C[C@@H]3C3C(=O)N(c4ccc(F)cc4)C(=O)C32)cc1. The number of amides is 2. The first kappa shape index (κ1) is 26.0. The number of aromatic amines is 1. The number of carbonyl (C=O) groups excluding carboxylic acids is 2. The van der Waals surface area contributed by atoms with Crippen LogP contribution < -0.4 is 14.5 Å². The number of thioether (sulfide) groups is 1. The van der Waals surface area contributed by atoms with Gasteiger partial charge in [0.05, 0.1) is 22.5 Å². The Labute approximate surface area is 249 Å². The van der Waals surface area contributed by atoms with Gasteiger partial charge in [-0.2, -0.15) is 0 Å². The monoisotopic (exact) mass is 598 g/mol. The van der Waals surface area contributed by atoms with Crippen LogP contribution in [0.15, 0.2) is 82.6 Å².